The van der Waals surface area contributed by atoms with Crippen LogP contribution < -0.4 is 10.5 Å². The van der Waals surface area contributed by atoms with Gasteiger partial charge in [-0.2, -0.15) is 0 Å². The summed E-state index contributed by atoms with van der Waals surface area (Å²) in [4.78, 5) is 4.62. The quantitative estimate of drug-likeness (QED) is 0.666. The summed E-state index contributed by atoms with van der Waals surface area (Å²) in [7, 11) is 0. The van der Waals surface area contributed by atoms with E-state index in [0.29, 0.717) is 11.6 Å². The van der Waals surface area contributed by atoms with E-state index in [1.54, 1.807) is 11.3 Å². The molecule has 124 valence electrons. The van der Waals surface area contributed by atoms with Gasteiger partial charge >= 0.3 is 0 Å². The third-order valence-corrected chi connectivity index (χ3v) is 5.14. The third-order valence-electron chi connectivity index (χ3n) is 3.69. The van der Waals surface area contributed by atoms with Gasteiger partial charge in [0.1, 0.15) is 17.4 Å². The molecule has 0 aliphatic carbocycles. The van der Waals surface area contributed by atoms with Gasteiger partial charge in [-0.15, -0.1) is 11.3 Å². The van der Waals surface area contributed by atoms with Crippen LogP contribution in [0.4, 0.5) is 0 Å². The molecule has 5 heteroatoms. The van der Waals surface area contributed by atoms with Crippen molar-refractivity contribution in [3.63, 3.8) is 0 Å². The number of aromatic nitrogens is 1. The summed E-state index contributed by atoms with van der Waals surface area (Å²) in [6.45, 7) is 4.40. The van der Waals surface area contributed by atoms with Crippen LogP contribution in [0.5, 0.6) is 5.75 Å². The Balaban J connectivity index is 1.93. The number of ether oxygens (including phenoxy) is 1. The summed E-state index contributed by atoms with van der Waals surface area (Å²) in [6.07, 6.45) is 0. The van der Waals surface area contributed by atoms with E-state index in [-0.39, 0.29) is 6.04 Å². The van der Waals surface area contributed by atoms with Crippen molar-refractivity contribution in [2.75, 3.05) is 0 Å². The normalized spacial score (nSPS) is 12.2. The fourth-order valence-electron chi connectivity index (χ4n) is 2.33. The molecule has 0 amide bonds. The number of nitrogens with two attached hydrogens (primary N) is 1. The molecule has 0 spiro atoms. The maximum atomic E-state index is 6.32. The van der Waals surface area contributed by atoms with Crippen LogP contribution in [0.25, 0.3) is 11.3 Å². The van der Waals surface area contributed by atoms with Crippen molar-refractivity contribution < 1.29 is 4.74 Å². The molecule has 0 aliphatic heterocycles. The lowest BCUT2D eigenvalue weighted by Crippen LogP contribution is -2.04. The molecular formula is C19H19ClN2OS. The standard InChI is InChI=1S/C19H19ClN2OS/c1-12-8-18(23-10-14-6-4-3-5-7-14)15(9-16(12)20)17-11-24-19(22-17)13(2)21/h3-9,11,13H,10,21H2,1-2H3. The van der Waals surface area contributed by atoms with E-state index >= 15 is 0 Å². The molecule has 2 aromatic carbocycles. The molecule has 24 heavy (non-hydrogen) atoms. The molecule has 0 aliphatic rings. The van der Waals surface area contributed by atoms with Crippen LogP contribution in [-0.2, 0) is 6.61 Å². The molecule has 2 N–H and O–H groups in total. The maximum absolute atomic E-state index is 6.32. The summed E-state index contributed by atoms with van der Waals surface area (Å²) >= 11 is 7.87. The Labute approximate surface area is 151 Å². The number of halogens is 1. The molecule has 0 saturated heterocycles. The second-order valence-electron chi connectivity index (χ2n) is 5.73. The number of nitrogens with zero attached hydrogens (tertiary/aromatic N) is 1. The number of thiazole rings is 1. The van der Waals surface area contributed by atoms with Crippen molar-refractivity contribution in [3.8, 4) is 17.0 Å². The monoisotopic (exact) mass is 358 g/mol. The van der Waals surface area contributed by atoms with E-state index in [9.17, 15) is 0 Å². The molecule has 1 atom stereocenters. The Morgan fingerprint density at radius 1 is 1.25 bits per heavy atom. The highest BCUT2D eigenvalue weighted by atomic mass is 35.5. The second kappa shape index (κ2) is 7.34. The zero-order chi connectivity index (χ0) is 17.1. The van der Waals surface area contributed by atoms with E-state index in [2.05, 4.69) is 4.98 Å². The van der Waals surface area contributed by atoms with Gasteiger partial charge in [0.05, 0.1) is 11.7 Å². The lowest BCUT2D eigenvalue weighted by molar-refractivity contribution is 0.307. The number of hydrogen-bond donors (Lipinski definition) is 1. The van der Waals surface area contributed by atoms with Crippen molar-refractivity contribution in [2.45, 2.75) is 26.5 Å². The molecule has 3 aromatic rings. The Bertz CT molecular complexity index is 831. The van der Waals surface area contributed by atoms with Gasteiger partial charge in [-0.05, 0) is 37.1 Å². The molecule has 0 fully saturated rings. The van der Waals surface area contributed by atoms with Crippen LogP contribution in [0.2, 0.25) is 5.02 Å². The highest BCUT2D eigenvalue weighted by Crippen LogP contribution is 2.36. The van der Waals surface area contributed by atoms with Crippen molar-refractivity contribution in [1.82, 2.24) is 4.98 Å². The SMILES string of the molecule is Cc1cc(OCc2ccccc2)c(-c2csc(C(C)N)n2)cc1Cl. The summed E-state index contributed by atoms with van der Waals surface area (Å²) in [5, 5.41) is 3.60. The first-order valence-electron chi connectivity index (χ1n) is 7.73. The zero-order valence-corrected chi connectivity index (χ0v) is 15.2. The van der Waals surface area contributed by atoms with Crippen LogP contribution in [0.1, 0.15) is 29.1 Å². The first-order valence-corrected chi connectivity index (χ1v) is 8.98. The fraction of sp³-hybridized carbons (Fsp3) is 0.211. The minimum Gasteiger partial charge on any atom is -0.488 e. The maximum Gasteiger partial charge on any atom is 0.129 e. The minimum atomic E-state index is -0.0849. The lowest BCUT2D eigenvalue weighted by atomic mass is 10.1. The predicted octanol–water partition coefficient (Wildman–Crippen LogP) is 5.37. The second-order valence-corrected chi connectivity index (χ2v) is 7.03. The molecule has 0 radical (unpaired) electrons. The van der Waals surface area contributed by atoms with Crippen LogP contribution in [-0.4, -0.2) is 4.98 Å². The molecule has 3 nitrogen and oxygen atoms in total. The molecule has 1 heterocycles. The van der Waals surface area contributed by atoms with E-state index in [1.807, 2.05) is 61.7 Å². The average molecular weight is 359 g/mol. The van der Waals surface area contributed by atoms with Gasteiger partial charge in [0.25, 0.3) is 0 Å². The van der Waals surface area contributed by atoms with E-state index in [4.69, 9.17) is 22.1 Å². The van der Waals surface area contributed by atoms with Crippen molar-refractivity contribution >= 4 is 22.9 Å². The minimum absolute atomic E-state index is 0.0849. The molecule has 3 rings (SSSR count). The Morgan fingerprint density at radius 3 is 2.67 bits per heavy atom. The van der Waals surface area contributed by atoms with E-state index in [0.717, 1.165) is 33.1 Å². The third kappa shape index (κ3) is 3.78. The Morgan fingerprint density at radius 2 is 2.00 bits per heavy atom. The number of aryl methyl sites for hydroxylation is 1. The van der Waals surface area contributed by atoms with E-state index < -0.39 is 0 Å². The molecule has 1 aromatic heterocycles. The first-order chi connectivity index (χ1) is 11.5. The highest BCUT2D eigenvalue weighted by molar-refractivity contribution is 7.10. The predicted molar refractivity (Wildman–Crippen MR) is 101 cm³/mol. The molecular weight excluding hydrogens is 340 g/mol. The fourth-order valence-corrected chi connectivity index (χ4v) is 3.27. The van der Waals surface area contributed by atoms with Gasteiger partial charge < -0.3 is 10.5 Å². The number of benzene rings is 2. The van der Waals surface area contributed by atoms with Gasteiger partial charge in [-0.1, -0.05) is 41.9 Å². The van der Waals surface area contributed by atoms with Gasteiger partial charge in [0.2, 0.25) is 0 Å². The summed E-state index contributed by atoms with van der Waals surface area (Å²) in [5.41, 5.74) is 9.75. The summed E-state index contributed by atoms with van der Waals surface area (Å²) in [5.74, 6) is 0.780. The lowest BCUT2D eigenvalue weighted by Gasteiger charge is -2.13. The zero-order valence-electron chi connectivity index (χ0n) is 13.6. The molecule has 0 saturated carbocycles. The van der Waals surface area contributed by atoms with Crippen molar-refractivity contribution in [2.24, 2.45) is 5.73 Å². The number of rotatable bonds is 5. The summed E-state index contributed by atoms with van der Waals surface area (Å²) in [6, 6.07) is 13.9. The smallest absolute Gasteiger partial charge is 0.129 e. The van der Waals surface area contributed by atoms with Gasteiger partial charge in [0, 0.05) is 16.0 Å². The highest BCUT2D eigenvalue weighted by Gasteiger charge is 2.14. The van der Waals surface area contributed by atoms with Crippen LogP contribution >= 0.6 is 22.9 Å². The topological polar surface area (TPSA) is 48.1 Å². The van der Waals surface area contributed by atoms with E-state index in [1.165, 1.54) is 0 Å². The Kier molecular flexibility index (Phi) is 5.19. The average Bonchev–Trinajstić information content (AvgIpc) is 3.06. The summed E-state index contributed by atoms with van der Waals surface area (Å²) < 4.78 is 6.06. The van der Waals surface area contributed by atoms with Crippen molar-refractivity contribution in [1.29, 1.82) is 0 Å². The van der Waals surface area contributed by atoms with Crippen LogP contribution in [0, 0.1) is 6.92 Å². The first kappa shape index (κ1) is 17.0. The number of hydrogen-bond acceptors (Lipinski definition) is 4. The van der Waals surface area contributed by atoms with Gasteiger partial charge in [0.15, 0.2) is 0 Å². The molecule has 0 bridgehead atoms. The van der Waals surface area contributed by atoms with Gasteiger partial charge in [-0.25, -0.2) is 4.98 Å². The van der Waals surface area contributed by atoms with Gasteiger partial charge in [-0.3, -0.25) is 0 Å². The Hall–Kier alpha value is -1.88. The van der Waals surface area contributed by atoms with Crippen molar-refractivity contribution in [3.05, 3.63) is 69.0 Å². The largest absolute Gasteiger partial charge is 0.488 e. The van der Waals surface area contributed by atoms with Crippen LogP contribution in [0.3, 0.4) is 0 Å². The van der Waals surface area contributed by atoms with Crippen LogP contribution in [0.15, 0.2) is 47.8 Å². The molecule has 1 unspecified atom stereocenters.